The van der Waals surface area contributed by atoms with Gasteiger partial charge in [0, 0.05) is 12.6 Å². The molecule has 0 bridgehead atoms. The van der Waals surface area contributed by atoms with E-state index in [0.29, 0.717) is 6.04 Å². The van der Waals surface area contributed by atoms with E-state index in [9.17, 15) is 4.79 Å². The minimum atomic E-state index is 0.0125. The first-order valence-electron chi connectivity index (χ1n) is 5.59. The molecule has 0 aromatic carbocycles. The van der Waals surface area contributed by atoms with Crippen molar-refractivity contribution in [3.8, 4) is 0 Å². The smallest absolute Gasteiger partial charge is 0.315 e. The van der Waals surface area contributed by atoms with Gasteiger partial charge < -0.3 is 16.0 Å². The fourth-order valence-corrected chi connectivity index (χ4v) is 1.81. The zero-order valence-corrected chi connectivity index (χ0v) is 8.51. The largest absolute Gasteiger partial charge is 0.338 e. The molecular weight excluding hydrogens is 178 g/mol. The van der Waals surface area contributed by atoms with Gasteiger partial charge >= 0.3 is 6.03 Å². The summed E-state index contributed by atoms with van der Waals surface area (Å²) in [6.45, 7) is 3.07. The van der Waals surface area contributed by atoms with Gasteiger partial charge in [0.05, 0.1) is 0 Å². The molecule has 2 rings (SSSR count). The van der Waals surface area contributed by atoms with E-state index in [-0.39, 0.29) is 6.03 Å². The highest BCUT2D eigenvalue weighted by molar-refractivity contribution is 5.74. The maximum atomic E-state index is 11.2. The molecule has 4 heteroatoms. The van der Waals surface area contributed by atoms with Gasteiger partial charge in [-0.15, -0.1) is 0 Å². The fraction of sp³-hybridized carbons (Fsp3) is 0.900. The van der Waals surface area contributed by atoms with Crippen LogP contribution in [0.1, 0.15) is 25.7 Å². The number of amides is 2. The van der Waals surface area contributed by atoms with Gasteiger partial charge in [-0.25, -0.2) is 4.79 Å². The van der Waals surface area contributed by atoms with Gasteiger partial charge in [0.15, 0.2) is 0 Å². The Balaban J connectivity index is 1.50. The minimum absolute atomic E-state index is 0.0125. The number of hydrogen-bond acceptors (Lipinski definition) is 2. The Kier molecular flexibility index (Phi) is 3.24. The molecule has 1 heterocycles. The second-order valence-electron chi connectivity index (χ2n) is 4.32. The quantitative estimate of drug-likeness (QED) is 0.613. The van der Waals surface area contributed by atoms with Crippen molar-refractivity contribution >= 4 is 6.03 Å². The third-order valence-corrected chi connectivity index (χ3v) is 2.91. The zero-order chi connectivity index (χ0) is 9.80. The maximum absolute atomic E-state index is 11.2. The Hall–Kier alpha value is -0.770. The van der Waals surface area contributed by atoms with Crippen LogP contribution in [0.4, 0.5) is 4.79 Å². The van der Waals surface area contributed by atoms with Crippen LogP contribution in [0.5, 0.6) is 0 Å². The number of rotatable bonds is 4. The topological polar surface area (TPSA) is 53.2 Å². The lowest BCUT2D eigenvalue weighted by Crippen LogP contribution is -2.37. The number of carbonyl (C=O) groups is 1. The Morgan fingerprint density at radius 1 is 1.36 bits per heavy atom. The standard InChI is InChI=1S/C10H19N3O/c14-10(13-9-1-2-9)12-6-4-8-3-5-11-7-8/h8-9,11H,1-7H2,(H2,12,13,14). The van der Waals surface area contributed by atoms with Crippen LogP contribution in [0.15, 0.2) is 0 Å². The lowest BCUT2D eigenvalue weighted by atomic mass is 10.1. The van der Waals surface area contributed by atoms with E-state index in [0.717, 1.165) is 44.8 Å². The van der Waals surface area contributed by atoms with Crippen LogP contribution >= 0.6 is 0 Å². The van der Waals surface area contributed by atoms with E-state index in [2.05, 4.69) is 16.0 Å². The third-order valence-electron chi connectivity index (χ3n) is 2.91. The maximum Gasteiger partial charge on any atom is 0.315 e. The summed E-state index contributed by atoms with van der Waals surface area (Å²) in [5.41, 5.74) is 0. The lowest BCUT2D eigenvalue weighted by Gasteiger charge is -2.09. The minimum Gasteiger partial charge on any atom is -0.338 e. The summed E-state index contributed by atoms with van der Waals surface area (Å²) in [6.07, 6.45) is 4.66. The summed E-state index contributed by atoms with van der Waals surface area (Å²) in [5, 5.41) is 9.14. The van der Waals surface area contributed by atoms with E-state index in [4.69, 9.17) is 0 Å². The predicted octanol–water partition coefficient (Wildman–Crippen LogP) is 0.448. The van der Waals surface area contributed by atoms with E-state index in [1.165, 1.54) is 6.42 Å². The van der Waals surface area contributed by atoms with Crippen molar-refractivity contribution < 1.29 is 4.79 Å². The van der Waals surface area contributed by atoms with E-state index < -0.39 is 0 Å². The molecule has 2 aliphatic rings. The molecule has 1 unspecified atom stereocenters. The first-order chi connectivity index (χ1) is 6.84. The Bertz CT molecular complexity index is 198. The van der Waals surface area contributed by atoms with Gasteiger partial charge in [-0.3, -0.25) is 0 Å². The van der Waals surface area contributed by atoms with Crippen LogP contribution in [0.25, 0.3) is 0 Å². The van der Waals surface area contributed by atoms with E-state index in [1.807, 2.05) is 0 Å². The highest BCUT2D eigenvalue weighted by Gasteiger charge is 2.23. The average Bonchev–Trinajstić information content (AvgIpc) is 2.82. The van der Waals surface area contributed by atoms with Gasteiger partial charge in [-0.05, 0) is 44.7 Å². The fourth-order valence-electron chi connectivity index (χ4n) is 1.81. The molecular formula is C10H19N3O. The van der Waals surface area contributed by atoms with Gasteiger partial charge in [0.2, 0.25) is 0 Å². The highest BCUT2D eigenvalue weighted by Crippen LogP contribution is 2.18. The van der Waals surface area contributed by atoms with Crippen LogP contribution in [0.3, 0.4) is 0 Å². The molecule has 0 radical (unpaired) electrons. The molecule has 14 heavy (non-hydrogen) atoms. The summed E-state index contributed by atoms with van der Waals surface area (Å²) in [4.78, 5) is 11.2. The average molecular weight is 197 g/mol. The normalized spacial score (nSPS) is 26.1. The molecule has 4 nitrogen and oxygen atoms in total. The number of urea groups is 1. The molecule has 1 saturated heterocycles. The Morgan fingerprint density at radius 2 is 2.21 bits per heavy atom. The van der Waals surface area contributed by atoms with Crippen LogP contribution in [-0.4, -0.2) is 31.7 Å². The summed E-state index contributed by atoms with van der Waals surface area (Å²) in [7, 11) is 0. The third kappa shape index (κ3) is 3.18. The second kappa shape index (κ2) is 4.64. The van der Waals surface area contributed by atoms with Crippen molar-refractivity contribution in [2.45, 2.75) is 31.7 Å². The highest BCUT2D eigenvalue weighted by atomic mass is 16.2. The Morgan fingerprint density at radius 3 is 2.86 bits per heavy atom. The summed E-state index contributed by atoms with van der Waals surface area (Å²) in [5.74, 6) is 0.760. The van der Waals surface area contributed by atoms with Crippen molar-refractivity contribution in [1.82, 2.24) is 16.0 Å². The van der Waals surface area contributed by atoms with Crippen molar-refractivity contribution in [3.05, 3.63) is 0 Å². The molecule has 80 valence electrons. The van der Waals surface area contributed by atoms with Crippen molar-refractivity contribution in [2.24, 2.45) is 5.92 Å². The SMILES string of the molecule is O=C(NCCC1CCNC1)NC1CC1. The molecule has 1 saturated carbocycles. The van der Waals surface area contributed by atoms with Gasteiger partial charge in [0.25, 0.3) is 0 Å². The van der Waals surface area contributed by atoms with Gasteiger partial charge in [-0.2, -0.15) is 0 Å². The van der Waals surface area contributed by atoms with Gasteiger partial charge in [0.1, 0.15) is 0 Å². The van der Waals surface area contributed by atoms with Crippen molar-refractivity contribution in [1.29, 1.82) is 0 Å². The number of nitrogens with one attached hydrogen (secondary N) is 3. The molecule has 1 atom stereocenters. The zero-order valence-electron chi connectivity index (χ0n) is 8.51. The monoisotopic (exact) mass is 197 g/mol. The molecule has 1 aliphatic heterocycles. The first-order valence-corrected chi connectivity index (χ1v) is 5.59. The summed E-state index contributed by atoms with van der Waals surface area (Å²) < 4.78 is 0. The van der Waals surface area contributed by atoms with Gasteiger partial charge in [-0.1, -0.05) is 0 Å². The molecule has 3 N–H and O–H groups in total. The molecule has 0 aromatic rings. The first kappa shape index (κ1) is 9.77. The second-order valence-corrected chi connectivity index (χ2v) is 4.32. The van der Waals surface area contributed by atoms with E-state index >= 15 is 0 Å². The lowest BCUT2D eigenvalue weighted by molar-refractivity contribution is 0.239. The number of carbonyl (C=O) groups excluding carboxylic acids is 1. The Labute approximate surface area is 84.8 Å². The van der Waals surface area contributed by atoms with Crippen LogP contribution < -0.4 is 16.0 Å². The molecule has 2 fully saturated rings. The predicted molar refractivity (Wildman–Crippen MR) is 55.2 cm³/mol. The van der Waals surface area contributed by atoms with Crippen molar-refractivity contribution in [2.75, 3.05) is 19.6 Å². The van der Waals surface area contributed by atoms with Crippen LogP contribution in [-0.2, 0) is 0 Å². The molecule has 0 spiro atoms. The molecule has 1 aliphatic carbocycles. The summed E-state index contributed by atoms with van der Waals surface area (Å²) in [6, 6.07) is 0.474. The van der Waals surface area contributed by atoms with Crippen LogP contribution in [0, 0.1) is 5.92 Å². The van der Waals surface area contributed by atoms with Crippen molar-refractivity contribution in [3.63, 3.8) is 0 Å². The van der Waals surface area contributed by atoms with E-state index in [1.54, 1.807) is 0 Å². The molecule has 0 aromatic heterocycles. The van der Waals surface area contributed by atoms with Crippen LogP contribution in [0.2, 0.25) is 0 Å². The molecule has 2 amide bonds. The number of hydrogen-bond donors (Lipinski definition) is 3. The summed E-state index contributed by atoms with van der Waals surface area (Å²) >= 11 is 0.